The molecule has 0 radical (unpaired) electrons. The lowest BCUT2D eigenvalue weighted by Crippen LogP contribution is -2.57. The van der Waals surface area contributed by atoms with Crippen molar-refractivity contribution in [3.8, 4) is 0 Å². The van der Waals surface area contributed by atoms with Crippen LogP contribution in [0.25, 0.3) is 0 Å². The molecular formula is C15H26F3N3O3. The first-order chi connectivity index (χ1) is 11.0. The molecule has 2 saturated heterocycles. The molecule has 0 aromatic carbocycles. The first-order valence-electron chi connectivity index (χ1n) is 7.97. The largest absolute Gasteiger partial charge is 0.490 e. The fourth-order valence-corrected chi connectivity index (χ4v) is 3.26. The highest BCUT2D eigenvalue weighted by atomic mass is 19.4. The van der Waals surface area contributed by atoms with E-state index >= 15 is 0 Å². The van der Waals surface area contributed by atoms with E-state index in [-0.39, 0.29) is 6.03 Å². The molecule has 140 valence electrons. The molecule has 0 atom stereocenters. The summed E-state index contributed by atoms with van der Waals surface area (Å²) in [5.41, 5.74) is 0.390. The lowest BCUT2D eigenvalue weighted by atomic mass is 9.79. The first-order valence-corrected chi connectivity index (χ1v) is 7.97. The van der Waals surface area contributed by atoms with E-state index in [1.165, 1.54) is 25.8 Å². The minimum atomic E-state index is -5.08. The van der Waals surface area contributed by atoms with Crippen molar-refractivity contribution < 1.29 is 27.9 Å². The number of carboxylic acid groups (broad SMARTS) is 1. The average molecular weight is 353 g/mol. The number of halogens is 3. The molecule has 0 saturated carbocycles. The Bertz CT molecular complexity index is 447. The monoisotopic (exact) mass is 353 g/mol. The van der Waals surface area contributed by atoms with Gasteiger partial charge in [0.2, 0.25) is 0 Å². The third kappa shape index (κ3) is 5.25. The van der Waals surface area contributed by atoms with Gasteiger partial charge in [-0.05, 0) is 39.3 Å². The normalized spacial score (nSPS) is 21.0. The molecule has 0 aromatic rings. The summed E-state index contributed by atoms with van der Waals surface area (Å²) in [6, 6.07) is 0.165. The Labute approximate surface area is 140 Å². The highest BCUT2D eigenvalue weighted by Gasteiger charge is 2.40. The van der Waals surface area contributed by atoms with Gasteiger partial charge in [0.25, 0.3) is 0 Å². The molecule has 0 bridgehead atoms. The van der Waals surface area contributed by atoms with Gasteiger partial charge < -0.3 is 19.8 Å². The van der Waals surface area contributed by atoms with Crippen LogP contribution < -0.4 is 0 Å². The first kappa shape index (κ1) is 20.5. The van der Waals surface area contributed by atoms with E-state index in [1.807, 2.05) is 19.0 Å². The summed E-state index contributed by atoms with van der Waals surface area (Å²) in [4.78, 5) is 27.0. The van der Waals surface area contributed by atoms with E-state index in [1.54, 1.807) is 4.90 Å². The Morgan fingerprint density at radius 2 is 1.54 bits per heavy atom. The fraction of sp³-hybridized carbons (Fsp3) is 0.867. The fourth-order valence-electron chi connectivity index (χ4n) is 3.26. The molecule has 0 aromatic heterocycles. The highest BCUT2D eigenvalue weighted by molar-refractivity contribution is 5.74. The summed E-state index contributed by atoms with van der Waals surface area (Å²) in [6.07, 6.45) is 1.20. The van der Waals surface area contributed by atoms with E-state index in [4.69, 9.17) is 9.90 Å². The molecule has 6 nitrogen and oxygen atoms in total. The van der Waals surface area contributed by atoms with Crippen LogP contribution >= 0.6 is 0 Å². The maximum atomic E-state index is 11.9. The average Bonchev–Trinajstić information content (AvgIpc) is 2.50. The lowest BCUT2D eigenvalue weighted by Gasteiger charge is -2.50. The van der Waals surface area contributed by atoms with Gasteiger partial charge in [-0.1, -0.05) is 6.42 Å². The van der Waals surface area contributed by atoms with E-state index in [9.17, 15) is 18.0 Å². The minimum Gasteiger partial charge on any atom is -0.475 e. The molecule has 2 fully saturated rings. The van der Waals surface area contributed by atoms with Gasteiger partial charge in [-0.3, -0.25) is 0 Å². The molecule has 1 N–H and O–H groups in total. The Morgan fingerprint density at radius 1 is 1.04 bits per heavy atom. The zero-order valence-corrected chi connectivity index (χ0v) is 14.4. The topological polar surface area (TPSA) is 64.1 Å². The van der Waals surface area contributed by atoms with Gasteiger partial charge in [0.1, 0.15) is 0 Å². The summed E-state index contributed by atoms with van der Waals surface area (Å²) in [5.74, 6) is -2.76. The van der Waals surface area contributed by atoms with Crippen LogP contribution in [-0.4, -0.2) is 84.3 Å². The number of hydrogen-bond acceptors (Lipinski definition) is 3. The third-order valence-electron chi connectivity index (χ3n) is 4.79. The molecule has 1 spiro atoms. The third-order valence-corrected chi connectivity index (χ3v) is 4.79. The van der Waals surface area contributed by atoms with Crippen molar-refractivity contribution in [3.05, 3.63) is 0 Å². The Hall–Kier alpha value is -1.51. The van der Waals surface area contributed by atoms with Crippen LogP contribution in [0.5, 0.6) is 0 Å². The number of carbonyl (C=O) groups excluding carboxylic acids is 1. The van der Waals surface area contributed by atoms with Crippen molar-refractivity contribution in [2.24, 2.45) is 0 Å². The van der Waals surface area contributed by atoms with Gasteiger partial charge in [0.15, 0.2) is 0 Å². The van der Waals surface area contributed by atoms with Crippen LogP contribution in [-0.2, 0) is 4.79 Å². The number of carbonyl (C=O) groups is 2. The van der Waals surface area contributed by atoms with Gasteiger partial charge in [-0.25, -0.2) is 9.59 Å². The Balaban J connectivity index is 0.000000351. The second kappa shape index (κ2) is 8.04. The van der Waals surface area contributed by atoms with E-state index in [2.05, 4.69) is 11.9 Å². The second-order valence-electron chi connectivity index (χ2n) is 6.57. The molecule has 9 heteroatoms. The van der Waals surface area contributed by atoms with Crippen LogP contribution in [0, 0.1) is 0 Å². The van der Waals surface area contributed by atoms with E-state index in [0.29, 0.717) is 5.54 Å². The Morgan fingerprint density at radius 3 is 1.92 bits per heavy atom. The van der Waals surface area contributed by atoms with E-state index in [0.717, 1.165) is 25.9 Å². The molecular weight excluding hydrogens is 327 g/mol. The molecule has 0 aliphatic carbocycles. The molecule has 2 amide bonds. The summed E-state index contributed by atoms with van der Waals surface area (Å²) in [7, 11) is 5.92. The minimum absolute atomic E-state index is 0.165. The highest BCUT2D eigenvalue weighted by Crippen LogP contribution is 2.36. The molecule has 2 rings (SSSR count). The van der Waals surface area contributed by atoms with Crippen molar-refractivity contribution >= 4 is 12.0 Å². The van der Waals surface area contributed by atoms with Crippen molar-refractivity contribution in [3.63, 3.8) is 0 Å². The van der Waals surface area contributed by atoms with Crippen LogP contribution in [0.4, 0.5) is 18.0 Å². The number of piperidine rings is 2. The quantitative estimate of drug-likeness (QED) is 0.726. The van der Waals surface area contributed by atoms with E-state index < -0.39 is 12.1 Å². The number of hydrogen-bond donors (Lipinski definition) is 1. The summed E-state index contributed by atoms with van der Waals surface area (Å²) in [6.45, 7) is 3.06. The SMILES string of the molecule is CN(C)C(=O)N1CCC2(CCCCN2C)CC1.O=C(O)C(F)(F)F. The van der Waals surface area contributed by atoms with Crippen molar-refractivity contribution in [1.29, 1.82) is 0 Å². The van der Waals surface area contributed by atoms with Crippen LogP contribution in [0.3, 0.4) is 0 Å². The van der Waals surface area contributed by atoms with Gasteiger partial charge >= 0.3 is 18.2 Å². The maximum absolute atomic E-state index is 11.9. The van der Waals surface area contributed by atoms with Gasteiger partial charge in [0.05, 0.1) is 0 Å². The van der Waals surface area contributed by atoms with Crippen LogP contribution in [0.1, 0.15) is 32.1 Å². The summed E-state index contributed by atoms with van der Waals surface area (Å²) in [5, 5.41) is 7.12. The number of alkyl halides is 3. The molecule has 2 aliphatic heterocycles. The lowest BCUT2D eigenvalue weighted by molar-refractivity contribution is -0.192. The molecule has 0 unspecified atom stereocenters. The number of nitrogens with zero attached hydrogens (tertiary/aromatic N) is 3. The number of carboxylic acids is 1. The Kier molecular flexibility index (Phi) is 6.88. The predicted molar refractivity (Wildman–Crippen MR) is 82.8 cm³/mol. The van der Waals surface area contributed by atoms with Crippen LogP contribution in [0.2, 0.25) is 0 Å². The molecule has 2 heterocycles. The maximum Gasteiger partial charge on any atom is 0.490 e. The van der Waals surface area contributed by atoms with Crippen molar-refractivity contribution in [2.45, 2.75) is 43.8 Å². The predicted octanol–water partition coefficient (Wildman–Crippen LogP) is 2.25. The number of likely N-dealkylation sites (tertiary alicyclic amines) is 2. The number of urea groups is 1. The number of amides is 2. The van der Waals surface area contributed by atoms with Crippen molar-refractivity contribution in [2.75, 3.05) is 40.8 Å². The van der Waals surface area contributed by atoms with Gasteiger partial charge in [-0.15, -0.1) is 0 Å². The number of aliphatic carboxylic acids is 1. The molecule has 2 aliphatic rings. The number of rotatable bonds is 0. The zero-order valence-electron chi connectivity index (χ0n) is 14.4. The summed E-state index contributed by atoms with van der Waals surface area (Å²) >= 11 is 0. The van der Waals surface area contributed by atoms with Crippen LogP contribution in [0.15, 0.2) is 0 Å². The standard InChI is InChI=1S/C13H25N3O.C2HF3O2/c1-14(2)12(17)16-10-7-13(8-11-16)6-4-5-9-15(13)3;3-2(4,5)1(6)7/h4-11H2,1-3H3;(H,6,7). The van der Waals surface area contributed by atoms with Crippen molar-refractivity contribution in [1.82, 2.24) is 14.7 Å². The van der Waals surface area contributed by atoms with Gasteiger partial charge in [0, 0.05) is 32.7 Å². The van der Waals surface area contributed by atoms with Gasteiger partial charge in [-0.2, -0.15) is 13.2 Å². The second-order valence-corrected chi connectivity index (χ2v) is 6.57. The smallest absolute Gasteiger partial charge is 0.475 e. The summed E-state index contributed by atoms with van der Waals surface area (Å²) < 4.78 is 31.7. The zero-order chi connectivity index (χ0) is 18.5. The molecule has 24 heavy (non-hydrogen) atoms.